The van der Waals surface area contributed by atoms with E-state index in [0.29, 0.717) is 13.1 Å². The smallest absolute Gasteiger partial charge is 0.292 e. The van der Waals surface area contributed by atoms with E-state index in [1.54, 1.807) is 11.0 Å². The number of aromatic nitrogens is 3. The highest BCUT2D eigenvalue weighted by atomic mass is 16.5. The molecule has 1 amide bonds. The van der Waals surface area contributed by atoms with Crippen LogP contribution in [-0.2, 0) is 26.6 Å². The number of nitrogens with zero attached hydrogens (tertiary/aromatic N) is 5. The van der Waals surface area contributed by atoms with Gasteiger partial charge in [0.1, 0.15) is 0 Å². The lowest BCUT2D eigenvalue weighted by Gasteiger charge is -2.26. The second-order valence-electron chi connectivity index (χ2n) is 5.59. The SMILES string of the molecule is CN(C)Cc1nn(C)c2c1CCN(C(=O)c1ccno1)C2. The zero-order chi connectivity index (χ0) is 15.0. The molecule has 0 bridgehead atoms. The quantitative estimate of drug-likeness (QED) is 0.830. The molecule has 0 saturated heterocycles. The predicted molar refractivity (Wildman–Crippen MR) is 75.5 cm³/mol. The van der Waals surface area contributed by atoms with E-state index in [4.69, 9.17) is 4.52 Å². The molecule has 112 valence electrons. The first kappa shape index (κ1) is 13.8. The van der Waals surface area contributed by atoms with Gasteiger partial charge in [0.05, 0.1) is 24.1 Å². The molecule has 0 aromatic carbocycles. The van der Waals surface area contributed by atoms with Crippen LogP contribution < -0.4 is 0 Å². The molecule has 0 radical (unpaired) electrons. The van der Waals surface area contributed by atoms with Gasteiger partial charge in [-0.25, -0.2) is 0 Å². The third-order valence-electron chi connectivity index (χ3n) is 3.73. The van der Waals surface area contributed by atoms with Crippen LogP contribution in [0.4, 0.5) is 0 Å². The van der Waals surface area contributed by atoms with Gasteiger partial charge in [-0.2, -0.15) is 5.10 Å². The Morgan fingerprint density at radius 1 is 1.48 bits per heavy atom. The minimum atomic E-state index is -0.117. The molecule has 21 heavy (non-hydrogen) atoms. The van der Waals surface area contributed by atoms with Crippen LogP contribution in [0.15, 0.2) is 16.8 Å². The lowest BCUT2D eigenvalue weighted by atomic mass is 10.0. The topological polar surface area (TPSA) is 67.4 Å². The Morgan fingerprint density at radius 3 is 2.95 bits per heavy atom. The van der Waals surface area contributed by atoms with Gasteiger partial charge in [-0.05, 0) is 20.5 Å². The average Bonchev–Trinajstić information content (AvgIpc) is 3.07. The second-order valence-corrected chi connectivity index (χ2v) is 5.59. The highest BCUT2D eigenvalue weighted by molar-refractivity contribution is 5.91. The highest BCUT2D eigenvalue weighted by Crippen LogP contribution is 2.23. The monoisotopic (exact) mass is 289 g/mol. The molecule has 0 spiro atoms. The fourth-order valence-electron chi connectivity index (χ4n) is 2.74. The maximum atomic E-state index is 12.3. The van der Waals surface area contributed by atoms with Crippen LogP contribution in [-0.4, -0.2) is 51.3 Å². The Balaban J connectivity index is 1.83. The zero-order valence-electron chi connectivity index (χ0n) is 12.5. The van der Waals surface area contributed by atoms with Gasteiger partial charge in [0.2, 0.25) is 5.76 Å². The molecular weight excluding hydrogens is 270 g/mol. The Labute approximate surface area is 123 Å². The standard InChI is InChI=1S/C14H19N5O2/c1-17(2)8-11-10-5-7-19(9-12(10)18(3)16-11)14(20)13-4-6-15-21-13/h4,6H,5,7-9H2,1-3H3. The van der Waals surface area contributed by atoms with Crippen molar-refractivity contribution in [3.63, 3.8) is 0 Å². The molecule has 0 N–H and O–H groups in total. The lowest BCUT2D eigenvalue weighted by molar-refractivity contribution is 0.0688. The number of aryl methyl sites for hydroxylation is 1. The normalized spacial score (nSPS) is 14.6. The van der Waals surface area contributed by atoms with E-state index < -0.39 is 0 Å². The van der Waals surface area contributed by atoms with Crippen LogP contribution in [0.2, 0.25) is 0 Å². The summed E-state index contributed by atoms with van der Waals surface area (Å²) in [5.74, 6) is 0.169. The van der Waals surface area contributed by atoms with Crippen LogP contribution >= 0.6 is 0 Å². The number of carbonyl (C=O) groups is 1. The Hall–Kier alpha value is -2.15. The Kier molecular flexibility index (Phi) is 3.50. The number of hydrogen-bond donors (Lipinski definition) is 0. The summed E-state index contributed by atoms with van der Waals surface area (Å²) in [6.45, 7) is 2.06. The summed E-state index contributed by atoms with van der Waals surface area (Å²) >= 11 is 0. The Bertz CT molecular complexity index is 645. The van der Waals surface area contributed by atoms with E-state index in [9.17, 15) is 4.79 Å². The van der Waals surface area contributed by atoms with Gasteiger partial charge >= 0.3 is 0 Å². The maximum Gasteiger partial charge on any atom is 0.292 e. The van der Waals surface area contributed by atoms with Gasteiger partial charge < -0.3 is 14.3 Å². The number of hydrogen-bond acceptors (Lipinski definition) is 5. The molecule has 0 atom stereocenters. The molecule has 0 fully saturated rings. The van der Waals surface area contributed by atoms with E-state index in [1.165, 1.54) is 11.8 Å². The lowest BCUT2D eigenvalue weighted by Crippen LogP contribution is -2.36. The first-order valence-electron chi connectivity index (χ1n) is 6.94. The fourth-order valence-corrected chi connectivity index (χ4v) is 2.74. The van der Waals surface area contributed by atoms with Crippen molar-refractivity contribution < 1.29 is 9.32 Å². The molecule has 0 aliphatic carbocycles. The van der Waals surface area contributed by atoms with Crippen molar-refractivity contribution in [3.8, 4) is 0 Å². The maximum absolute atomic E-state index is 12.3. The van der Waals surface area contributed by atoms with E-state index in [-0.39, 0.29) is 11.7 Å². The molecule has 7 nitrogen and oxygen atoms in total. The molecule has 3 heterocycles. The summed E-state index contributed by atoms with van der Waals surface area (Å²) in [4.78, 5) is 16.2. The van der Waals surface area contributed by atoms with Crippen LogP contribution in [0.5, 0.6) is 0 Å². The van der Waals surface area contributed by atoms with Gasteiger partial charge in [-0.3, -0.25) is 9.48 Å². The molecule has 2 aromatic heterocycles. The van der Waals surface area contributed by atoms with Crippen molar-refractivity contribution in [2.45, 2.75) is 19.5 Å². The van der Waals surface area contributed by atoms with Crippen molar-refractivity contribution in [2.24, 2.45) is 7.05 Å². The zero-order valence-corrected chi connectivity index (χ0v) is 12.5. The first-order valence-corrected chi connectivity index (χ1v) is 6.94. The summed E-state index contributed by atoms with van der Waals surface area (Å²) in [5, 5.41) is 8.18. The van der Waals surface area contributed by atoms with Crippen LogP contribution in [0.3, 0.4) is 0 Å². The second kappa shape index (κ2) is 5.33. The van der Waals surface area contributed by atoms with Gasteiger partial charge in [-0.15, -0.1) is 0 Å². The Morgan fingerprint density at radius 2 is 2.29 bits per heavy atom. The molecule has 2 aromatic rings. The average molecular weight is 289 g/mol. The van der Waals surface area contributed by atoms with Crippen molar-refractivity contribution in [3.05, 3.63) is 35.0 Å². The summed E-state index contributed by atoms with van der Waals surface area (Å²) in [6.07, 6.45) is 2.31. The van der Waals surface area contributed by atoms with E-state index >= 15 is 0 Å². The fraction of sp³-hybridized carbons (Fsp3) is 0.500. The van der Waals surface area contributed by atoms with Crippen molar-refractivity contribution in [2.75, 3.05) is 20.6 Å². The van der Waals surface area contributed by atoms with Gasteiger partial charge in [-0.1, -0.05) is 5.16 Å². The van der Waals surface area contributed by atoms with Crippen molar-refractivity contribution in [1.82, 2.24) is 24.7 Å². The molecular formula is C14H19N5O2. The number of rotatable bonds is 3. The molecule has 0 saturated carbocycles. The highest BCUT2D eigenvalue weighted by Gasteiger charge is 2.28. The van der Waals surface area contributed by atoms with Gasteiger partial charge in [0.25, 0.3) is 5.91 Å². The molecule has 3 rings (SSSR count). The molecule has 7 heteroatoms. The minimum Gasteiger partial charge on any atom is -0.351 e. The summed E-state index contributed by atoms with van der Waals surface area (Å²) in [5.41, 5.74) is 3.48. The first-order chi connectivity index (χ1) is 10.1. The van der Waals surface area contributed by atoms with E-state index in [2.05, 4.69) is 15.2 Å². The van der Waals surface area contributed by atoms with Crippen molar-refractivity contribution in [1.29, 1.82) is 0 Å². The third-order valence-corrected chi connectivity index (χ3v) is 3.73. The largest absolute Gasteiger partial charge is 0.351 e. The van der Waals surface area contributed by atoms with E-state index in [1.807, 2.05) is 25.8 Å². The van der Waals surface area contributed by atoms with Crippen LogP contribution in [0, 0.1) is 0 Å². The number of carbonyl (C=O) groups excluding carboxylic acids is 1. The van der Waals surface area contributed by atoms with E-state index in [0.717, 1.165) is 24.4 Å². The third kappa shape index (κ3) is 2.56. The van der Waals surface area contributed by atoms with Crippen LogP contribution in [0.1, 0.15) is 27.5 Å². The molecule has 1 aliphatic rings. The van der Waals surface area contributed by atoms with Crippen molar-refractivity contribution >= 4 is 5.91 Å². The van der Waals surface area contributed by atoms with Crippen LogP contribution in [0.25, 0.3) is 0 Å². The van der Waals surface area contributed by atoms with Gasteiger partial charge in [0.15, 0.2) is 0 Å². The molecule has 0 unspecified atom stereocenters. The summed E-state index contributed by atoms with van der Waals surface area (Å²) in [7, 11) is 5.99. The predicted octanol–water partition coefficient (Wildman–Crippen LogP) is 0.668. The minimum absolute atomic E-state index is 0.117. The number of fused-ring (bicyclic) bond motifs is 1. The van der Waals surface area contributed by atoms with Gasteiger partial charge in [0, 0.05) is 31.8 Å². The summed E-state index contributed by atoms with van der Waals surface area (Å²) < 4.78 is 6.84. The summed E-state index contributed by atoms with van der Waals surface area (Å²) in [6, 6.07) is 1.60. The number of amides is 1. The molecule has 1 aliphatic heterocycles.